The molecule has 1 aliphatic rings. The summed E-state index contributed by atoms with van der Waals surface area (Å²) in [5, 5.41) is 3.68. The standard InChI is InChI=1S/C22H20ClN3O2/c23-17-10-8-15(9-11-17)21-24-13-16(22(28)26-21)12-20(27)25-19-7-3-5-14-4-1-2-6-18(14)19/h1-2,4,6,8-11,13,19H,3,5,7,12H2,(H,25,27)(H,24,26,28)/t19-/m1/s1. The van der Waals surface area contributed by atoms with Gasteiger partial charge in [-0.3, -0.25) is 9.59 Å². The molecular formula is C22H20ClN3O2. The van der Waals surface area contributed by atoms with Crippen LogP contribution in [-0.2, 0) is 17.6 Å². The largest absolute Gasteiger partial charge is 0.349 e. The van der Waals surface area contributed by atoms with Gasteiger partial charge >= 0.3 is 0 Å². The number of carbonyl (C=O) groups excluding carboxylic acids is 1. The highest BCUT2D eigenvalue weighted by atomic mass is 35.5. The summed E-state index contributed by atoms with van der Waals surface area (Å²) in [6.07, 6.45) is 4.46. The molecule has 1 amide bonds. The second-order valence-corrected chi connectivity index (χ2v) is 7.42. The predicted molar refractivity (Wildman–Crippen MR) is 109 cm³/mol. The molecule has 1 aromatic heterocycles. The molecule has 0 radical (unpaired) electrons. The molecule has 0 fully saturated rings. The van der Waals surface area contributed by atoms with Gasteiger partial charge in [-0.05, 0) is 54.7 Å². The zero-order valence-electron chi connectivity index (χ0n) is 15.2. The Morgan fingerprint density at radius 1 is 1.18 bits per heavy atom. The fraction of sp³-hybridized carbons (Fsp3) is 0.227. The zero-order chi connectivity index (χ0) is 19.5. The smallest absolute Gasteiger partial charge is 0.254 e. The number of H-pyrrole nitrogens is 1. The van der Waals surface area contributed by atoms with E-state index in [0.717, 1.165) is 24.8 Å². The van der Waals surface area contributed by atoms with E-state index in [1.807, 2.05) is 12.1 Å². The van der Waals surface area contributed by atoms with Gasteiger partial charge in [0.15, 0.2) is 0 Å². The number of nitrogens with zero attached hydrogens (tertiary/aromatic N) is 1. The van der Waals surface area contributed by atoms with Crippen LogP contribution < -0.4 is 10.9 Å². The van der Waals surface area contributed by atoms with Crippen molar-refractivity contribution in [3.8, 4) is 11.4 Å². The van der Waals surface area contributed by atoms with Gasteiger partial charge in [-0.1, -0.05) is 35.9 Å². The molecule has 2 aromatic carbocycles. The second kappa shape index (κ2) is 7.98. The second-order valence-electron chi connectivity index (χ2n) is 6.98. The molecule has 0 aliphatic heterocycles. The fourth-order valence-corrected chi connectivity index (χ4v) is 3.75. The van der Waals surface area contributed by atoms with Gasteiger partial charge in [-0.25, -0.2) is 4.98 Å². The first-order valence-corrected chi connectivity index (χ1v) is 9.69. The lowest BCUT2D eigenvalue weighted by atomic mass is 9.87. The lowest BCUT2D eigenvalue weighted by Crippen LogP contribution is -2.33. The molecule has 1 heterocycles. The summed E-state index contributed by atoms with van der Waals surface area (Å²) in [7, 11) is 0. The average Bonchev–Trinajstić information content (AvgIpc) is 2.70. The fourth-order valence-electron chi connectivity index (χ4n) is 3.62. The van der Waals surface area contributed by atoms with E-state index < -0.39 is 0 Å². The highest BCUT2D eigenvalue weighted by molar-refractivity contribution is 6.30. The number of carbonyl (C=O) groups is 1. The van der Waals surface area contributed by atoms with Crippen LogP contribution in [-0.4, -0.2) is 15.9 Å². The number of halogens is 1. The van der Waals surface area contributed by atoms with Crippen LogP contribution in [0.15, 0.2) is 59.5 Å². The Hall–Kier alpha value is -2.92. The molecule has 5 nitrogen and oxygen atoms in total. The summed E-state index contributed by atoms with van der Waals surface area (Å²) in [6.45, 7) is 0. The lowest BCUT2D eigenvalue weighted by molar-refractivity contribution is -0.121. The summed E-state index contributed by atoms with van der Waals surface area (Å²) < 4.78 is 0. The van der Waals surface area contributed by atoms with Gasteiger partial charge in [0.25, 0.3) is 5.56 Å². The number of aromatic nitrogens is 2. The number of amides is 1. The Bertz CT molecular complexity index is 1060. The molecule has 0 bridgehead atoms. The summed E-state index contributed by atoms with van der Waals surface area (Å²) in [5.41, 5.74) is 3.26. The monoisotopic (exact) mass is 393 g/mol. The number of benzene rings is 2. The van der Waals surface area contributed by atoms with Gasteiger partial charge in [0.1, 0.15) is 5.82 Å². The van der Waals surface area contributed by atoms with Crippen LogP contribution in [0, 0.1) is 0 Å². The number of hydrogen-bond acceptors (Lipinski definition) is 3. The molecule has 3 aromatic rings. The third kappa shape index (κ3) is 3.99. The molecule has 2 N–H and O–H groups in total. The molecule has 4 rings (SSSR count). The van der Waals surface area contributed by atoms with Crippen molar-refractivity contribution in [1.29, 1.82) is 0 Å². The van der Waals surface area contributed by atoms with Crippen LogP contribution in [0.25, 0.3) is 11.4 Å². The first-order chi connectivity index (χ1) is 13.6. The number of aryl methyl sites for hydroxylation is 1. The first kappa shape index (κ1) is 18.4. The maximum absolute atomic E-state index is 12.5. The summed E-state index contributed by atoms with van der Waals surface area (Å²) >= 11 is 5.89. The molecule has 142 valence electrons. The van der Waals surface area contributed by atoms with Crippen molar-refractivity contribution in [3.63, 3.8) is 0 Å². The van der Waals surface area contributed by atoms with Crippen molar-refractivity contribution in [2.75, 3.05) is 0 Å². The summed E-state index contributed by atoms with van der Waals surface area (Å²) in [4.78, 5) is 32.0. The number of nitrogens with one attached hydrogen (secondary N) is 2. The van der Waals surface area contributed by atoms with E-state index in [1.165, 1.54) is 17.3 Å². The van der Waals surface area contributed by atoms with Crippen LogP contribution in [0.3, 0.4) is 0 Å². The van der Waals surface area contributed by atoms with E-state index in [2.05, 4.69) is 27.4 Å². The minimum absolute atomic E-state index is 0.00188. The third-order valence-electron chi connectivity index (χ3n) is 5.05. The molecular weight excluding hydrogens is 374 g/mol. The van der Waals surface area contributed by atoms with Crippen molar-refractivity contribution in [2.24, 2.45) is 0 Å². The summed E-state index contributed by atoms with van der Waals surface area (Å²) in [5.74, 6) is 0.278. The Labute approximate surface area is 167 Å². The van der Waals surface area contributed by atoms with E-state index in [4.69, 9.17) is 11.6 Å². The molecule has 6 heteroatoms. The van der Waals surface area contributed by atoms with E-state index >= 15 is 0 Å². The van der Waals surface area contributed by atoms with Gasteiger partial charge < -0.3 is 10.3 Å². The van der Waals surface area contributed by atoms with Crippen molar-refractivity contribution in [3.05, 3.63) is 86.8 Å². The van der Waals surface area contributed by atoms with Crippen LogP contribution in [0.1, 0.15) is 35.6 Å². The van der Waals surface area contributed by atoms with Crippen molar-refractivity contribution >= 4 is 17.5 Å². The van der Waals surface area contributed by atoms with Crippen molar-refractivity contribution in [2.45, 2.75) is 31.7 Å². The number of rotatable bonds is 4. The lowest BCUT2D eigenvalue weighted by Gasteiger charge is -2.26. The van der Waals surface area contributed by atoms with E-state index in [-0.39, 0.29) is 23.9 Å². The van der Waals surface area contributed by atoms with E-state index in [9.17, 15) is 9.59 Å². The predicted octanol–water partition coefficient (Wildman–Crippen LogP) is 3.83. The van der Waals surface area contributed by atoms with Gasteiger partial charge in [0, 0.05) is 22.3 Å². The van der Waals surface area contributed by atoms with Gasteiger partial charge in [0.05, 0.1) is 12.5 Å². The third-order valence-corrected chi connectivity index (χ3v) is 5.30. The Balaban J connectivity index is 1.47. The topological polar surface area (TPSA) is 74.8 Å². The highest BCUT2D eigenvalue weighted by Gasteiger charge is 2.21. The Kier molecular flexibility index (Phi) is 5.26. The molecule has 0 spiro atoms. The Morgan fingerprint density at radius 2 is 1.96 bits per heavy atom. The molecule has 0 unspecified atom stereocenters. The van der Waals surface area contributed by atoms with Gasteiger partial charge in [-0.15, -0.1) is 0 Å². The van der Waals surface area contributed by atoms with Gasteiger partial charge in [-0.2, -0.15) is 0 Å². The van der Waals surface area contributed by atoms with Crippen molar-refractivity contribution < 1.29 is 4.79 Å². The minimum Gasteiger partial charge on any atom is -0.349 e. The van der Waals surface area contributed by atoms with Crippen LogP contribution in [0.4, 0.5) is 0 Å². The Morgan fingerprint density at radius 3 is 2.75 bits per heavy atom. The SMILES string of the molecule is O=C(Cc1cnc(-c2ccc(Cl)cc2)[nH]c1=O)N[C@@H]1CCCc2ccccc21. The average molecular weight is 394 g/mol. The minimum atomic E-state index is -0.306. The molecule has 1 aliphatic carbocycles. The van der Waals surface area contributed by atoms with Gasteiger partial charge in [0.2, 0.25) is 5.91 Å². The molecule has 1 atom stereocenters. The number of aromatic amines is 1. The van der Waals surface area contributed by atoms with E-state index in [1.54, 1.807) is 24.3 Å². The maximum atomic E-state index is 12.5. The quantitative estimate of drug-likeness (QED) is 0.707. The van der Waals surface area contributed by atoms with Crippen molar-refractivity contribution in [1.82, 2.24) is 15.3 Å². The zero-order valence-corrected chi connectivity index (χ0v) is 16.0. The van der Waals surface area contributed by atoms with E-state index in [0.29, 0.717) is 16.4 Å². The highest BCUT2D eigenvalue weighted by Crippen LogP contribution is 2.29. The summed E-state index contributed by atoms with van der Waals surface area (Å²) in [6, 6.07) is 15.2. The maximum Gasteiger partial charge on any atom is 0.254 e. The molecule has 0 saturated heterocycles. The number of hydrogen-bond donors (Lipinski definition) is 2. The van der Waals surface area contributed by atoms with Crippen LogP contribution in [0.5, 0.6) is 0 Å². The molecule has 0 saturated carbocycles. The normalized spacial score (nSPS) is 15.7. The van der Waals surface area contributed by atoms with Crippen LogP contribution in [0.2, 0.25) is 5.02 Å². The number of fused-ring (bicyclic) bond motifs is 1. The molecule has 28 heavy (non-hydrogen) atoms. The van der Waals surface area contributed by atoms with Crippen LogP contribution >= 0.6 is 11.6 Å². The first-order valence-electron chi connectivity index (χ1n) is 9.31.